The van der Waals surface area contributed by atoms with Crippen LogP contribution >= 0.6 is 0 Å². The van der Waals surface area contributed by atoms with Gasteiger partial charge >= 0.3 is 6.09 Å². The Labute approximate surface area is 164 Å². The molecule has 0 aliphatic carbocycles. The quantitative estimate of drug-likeness (QED) is 0.823. The Balaban J connectivity index is 1.85. The summed E-state index contributed by atoms with van der Waals surface area (Å²) in [7, 11) is -2.07. The van der Waals surface area contributed by atoms with Gasteiger partial charge in [0.2, 0.25) is 0 Å². The third-order valence-corrected chi connectivity index (χ3v) is 6.06. The lowest BCUT2D eigenvalue weighted by molar-refractivity contribution is 0.0503. The minimum absolute atomic E-state index is 0.0207. The van der Waals surface area contributed by atoms with Crippen LogP contribution in [0.15, 0.2) is 41.9 Å². The van der Waals surface area contributed by atoms with E-state index in [-0.39, 0.29) is 24.0 Å². The monoisotopic (exact) mass is 407 g/mol. The molecule has 0 unspecified atom stereocenters. The van der Waals surface area contributed by atoms with Crippen LogP contribution in [0.25, 0.3) is 0 Å². The summed E-state index contributed by atoms with van der Waals surface area (Å²) in [6.07, 6.45) is 3.96. The molecular weight excluding hydrogens is 382 g/mol. The smallest absolute Gasteiger partial charge is 0.407 e. The molecule has 3 heterocycles. The number of carbonyl (C=O) groups excluding carboxylic acids is 1. The molecule has 1 saturated heterocycles. The van der Waals surface area contributed by atoms with Crippen molar-refractivity contribution >= 4 is 16.1 Å². The molecule has 2 aromatic rings. The van der Waals surface area contributed by atoms with E-state index < -0.39 is 27.8 Å². The summed E-state index contributed by atoms with van der Waals surface area (Å²) in [6, 6.07) is 4.98. The molecule has 1 N–H and O–H groups in total. The number of amides is 1. The molecule has 2 atom stereocenters. The number of hydrogen-bond acceptors (Lipinski definition) is 6. The van der Waals surface area contributed by atoms with Gasteiger partial charge in [-0.3, -0.25) is 4.98 Å². The van der Waals surface area contributed by atoms with Crippen LogP contribution in [0.4, 0.5) is 4.79 Å². The van der Waals surface area contributed by atoms with Crippen molar-refractivity contribution in [2.45, 2.75) is 43.4 Å². The van der Waals surface area contributed by atoms with Gasteiger partial charge in [-0.15, -0.1) is 0 Å². The van der Waals surface area contributed by atoms with Gasteiger partial charge in [-0.2, -0.15) is 4.31 Å². The van der Waals surface area contributed by atoms with Crippen LogP contribution in [-0.2, 0) is 21.8 Å². The van der Waals surface area contributed by atoms with E-state index in [0.717, 1.165) is 0 Å². The van der Waals surface area contributed by atoms with Gasteiger partial charge in [0.1, 0.15) is 5.60 Å². The van der Waals surface area contributed by atoms with Crippen LogP contribution in [-0.4, -0.2) is 58.1 Å². The molecule has 0 bridgehead atoms. The average Bonchev–Trinajstić information content (AvgIpc) is 3.21. The van der Waals surface area contributed by atoms with Crippen molar-refractivity contribution in [1.29, 1.82) is 0 Å². The fourth-order valence-corrected chi connectivity index (χ4v) is 4.58. The molecule has 0 aromatic carbocycles. The maximum absolute atomic E-state index is 13.0. The Morgan fingerprint density at radius 3 is 2.57 bits per heavy atom. The number of pyridine rings is 1. The Hall–Kier alpha value is -2.46. The molecule has 1 aliphatic heterocycles. The predicted molar refractivity (Wildman–Crippen MR) is 102 cm³/mol. The van der Waals surface area contributed by atoms with E-state index >= 15 is 0 Å². The molecule has 1 aliphatic rings. The minimum atomic E-state index is -3.78. The second-order valence-corrected chi connectivity index (χ2v) is 9.70. The highest BCUT2D eigenvalue weighted by molar-refractivity contribution is 7.89. The van der Waals surface area contributed by atoms with Crippen molar-refractivity contribution in [2.75, 3.05) is 13.1 Å². The fraction of sp³-hybridized carbons (Fsp3) is 0.500. The van der Waals surface area contributed by atoms with Crippen LogP contribution in [0.2, 0.25) is 0 Å². The van der Waals surface area contributed by atoms with E-state index in [1.807, 2.05) is 12.1 Å². The summed E-state index contributed by atoms with van der Waals surface area (Å²) in [5, 5.41) is 2.79. The molecule has 3 rings (SSSR count). The number of rotatable bonds is 4. The molecule has 0 spiro atoms. The van der Waals surface area contributed by atoms with Gasteiger partial charge in [0.05, 0.1) is 12.4 Å². The molecular formula is C18H25N5O4S. The Morgan fingerprint density at radius 2 is 2.00 bits per heavy atom. The first-order chi connectivity index (χ1) is 13.1. The van der Waals surface area contributed by atoms with Gasteiger partial charge in [-0.05, 0) is 32.9 Å². The largest absolute Gasteiger partial charge is 0.444 e. The number of hydrogen-bond donors (Lipinski definition) is 1. The van der Waals surface area contributed by atoms with Crippen LogP contribution in [0.1, 0.15) is 32.4 Å². The zero-order valence-electron chi connectivity index (χ0n) is 16.4. The van der Waals surface area contributed by atoms with Crippen molar-refractivity contribution in [3.05, 3.63) is 42.6 Å². The van der Waals surface area contributed by atoms with E-state index in [1.165, 1.54) is 16.8 Å². The minimum Gasteiger partial charge on any atom is -0.444 e. The SMILES string of the molecule is Cn1cnc(S(=O)(=O)N2C[C@H](NC(=O)OC(C)(C)C)[C@@H](c3ccccn3)C2)c1. The molecule has 2 aromatic heterocycles. The number of sulfonamides is 1. The van der Waals surface area contributed by atoms with Gasteiger partial charge in [0.25, 0.3) is 10.0 Å². The van der Waals surface area contributed by atoms with Crippen molar-refractivity contribution < 1.29 is 17.9 Å². The van der Waals surface area contributed by atoms with Gasteiger partial charge in [-0.25, -0.2) is 18.2 Å². The summed E-state index contributed by atoms with van der Waals surface area (Å²) in [4.78, 5) is 20.6. The van der Waals surface area contributed by atoms with Crippen LogP contribution in [0, 0.1) is 0 Å². The fourth-order valence-electron chi connectivity index (χ4n) is 3.12. The van der Waals surface area contributed by atoms with E-state index in [2.05, 4.69) is 15.3 Å². The summed E-state index contributed by atoms with van der Waals surface area (Å²) < 4.78 is 34.2. The number of alkyl carbamates (subject to hydrolysis) is 1. The molecule has 152 valence electrons. The Morgan fingerprint density at radius 1 is 1.25 bits per heavy atom. The summed E-state index contributed by atoms with van der Waals surface area (Å²) >= 11 is 0. The van der Waals surface area contributed by atoms with Gasteiger partial charge < -0.3 is 14.6 Å². The zero-order chi connectivity index (χ0) is 20.5. The van der Waals surface area contributed by atoms with E-state index in [1.54, 1.807) is 44.6 Å². The number of carbonyl (C=O) groups is 1. The normalized spacial score (nSPS) is 20.9. The third-order valence-electron chi connectivity index (χ3n) is 4.34. The lowest BCUT2D eigenvalue weighted by Gasteiger charge is -2.24. The topological polar surface area (TPSA) is 106 Å². The third kappa shape index (κ3) is 4.50. The molecule has 10 heteroatoms. The molecule has 28 heavy (non-hydrogen) atoms. The van der Waals surface area contributed by atoms with E-state index in [4.69, 9.17) is 4.74 Å². The highest BCUT2D eigenvalue weighted by Gasteiger charge is 2.42. The van der Waals surface area contributed by atoms with Gasteiger partial charge in [-0.1, -0.05) is 6.07 Å². The molecule has 0 radical (unpaired) electrons. The summed E-state index contributed by atoms with van der Waals surface area (Å²) in [5.41, 5.74) is 0.0605. The second-order valence-electron chi connectivity index (χ2n) is 7.81. The highest BCUT2D eigenvalue weighted by Crippen LogP contribution is 2.30. The lowest BCUT2D eigenvalue weighted by atomic mass is 9.99. The van der Waals surface area contributed by atoms with Crippen molar-refractivity contribution in [3.8, 4) is 0 Å². The molecule has 9 nitrogen and oxygen atoms in total. The standard InChI is InChI=1S/C18H25N5O4S/c1-18(2,3)27-17(24)21-15-10-23(9-13(15)14-7-5-6-8-19-14)28(25,26)16-11-22(4)12-20-16/h5-8,11-13,15H,9-10H2,1-4H3,(H,21,24)/t13-,15+/m1/s1. The van der Waals surface area contributed by atoms with Crippen LogP contribution in [0.3, 0.4) is 0 Å². The Kier molecular flexibility index (Phi) is 5.44. The maximum atomic E-state index is 13.0. The van der Waals surface area contributed by atoms with Gasteiger partial charge in [0, 0.05) is 44.1 Å². The molecule has 1 fully saturated rings. The van der Waals surface area contributed by atoms with Crippen molar-refractivity contribution in [1.82, 2.24) is 24.2 Å². The van der Waals surface area contributed by atoms with Crippen LogP contribution < -0.4 is 5.32 Å². The predicted octanol–water partition coefficient (Wildman–Crippen LogP) is 1.50. The first-order valence-corrected chi connectivity index (χ1v) is 10.4. The average molecular weight is 407 g/mol. The number of aromatic nitrogens is 3. The number of ether oxygens (including phenoxy) is 1. The maximum Gasteiger partial charge on any atom is 0.407 e. The number of nitrogens with one attached hydrogen (secondary N) is 1. The lowest BCUT2D eigenvalue weighted by Crippen LogP contribution is -2.43. The van der Waals surface area contributed by atoms with E-state index in [9.17, 15) is 13.2 Å². The molecule has 0 saturated carbocycles. The van der Waals surface area contributed by atoms with E-state index in [0.29, 0.717) is 5.69 Å². The molecule has 1 amide bonds. The first-order valence-electron chi connectivity index (χ1n) is 8.95. The first kappa shape index (κ1) is 20.3. The van der Waals surface area contributed by atoms with Crippen LogP contribution in [0.5, 0.6) is 0 Å². The number of aryl methyl sites for hydroxylation is 1. The van der Waals surface area contributed by atoms with Crippen molar-refractivity contribution in [3.63, 3.8) is 0 Å². The van der Waals surface area contributed by atoms with Gasteiger partial charge in [0.15, 0.2) is 5.03 Å². The number of imidazole rings is 1. The highest BCUT2D eigenvalue weighted by atomic mass is 32.2. The summed E-state index contributed by atoms with van der Waals surface area (Å²) in [6.45, 7) is 5.62. The van der Waals surface area contributed by atoms with Crippen molar-refractivity contribution in [2.24, 2.45) is 7.05 Å². The Bertz CT molecular complexity index is 936. The number of nitrogens with zero attached hydrogens (tertiary/aromatic N) is 4. The second kappa shape index (κ2) is 7.51. The summed E-state index contributed by atoms with van der Waals surface area (Å²) in [5.74, 6) is -0.299. The zero-order valence-corrected chi connectivity index (χ0v) is 17.2.